The number of rotatable bonds is 4. The molecular formula is C25H26ClNO4. The van der Waals surface area contributed by atoms with Gasteiger partial charge in [-0.25, -0.2) is 4.79 Å². The van der Waals surface area contributed by atoms with Crippen LogP contribution in [-0.2, 0) is 9.53 Å². The Labute approximate surface area is 187 Å². The number of nitrogens with zero attached hydrogens (tertiary/aromatic N) is 1. The first-order valence-corrected chi connectivity index (χ1v) is 11.4. The van der Waals surface area contributed by atoms with Gasteiger partial charge in [0.05, 0.1) is 5.56 Å². The second-order valence-electron chi connectivity index (χ2n) is 9.07. The fraction of sp³-hybridized carbons (Fsp3) is 0.440. The minimum atomic E-state index is -0.959. The summed E-state index contributed by atoms with van der Waals surface area (Å²) in [6.07, 6.45) is 4.88. The number of likely N-dealkylation sites (tertiary alicyclic amines) is 1. The van der Waals surface area contributed by atoms with Gasteiger partial charge >= 0.3 is 5.97 Å². The largest absolute Gasteiger partial charge is 0.478 e. The topological polar surface area (TPSA) is 66.8 Å². The number of carboxylic acid groups (broad SMARTS) is 1. The van der Waals surface area contributed by atoms with Gasteiger partial charge in [-0.15, -0.1) is 0 Å². The van der Waals surface area contributed by atoms with E-state index in [9.17, 15) is 14.7 Å². The van der Waals surface area contributed by atoms with Crippen LogP contribution in [0.15, 0.2) is 42.5 Å². The van der Waals surface area contributed by atoms with Crippen LogP contribution in [0.5, 0.6) is 0 Å². The van der Waals surface area contributed by atoms with E-state index < -0.39 is 5.97 Å². The maximum absolute atomic E-state index is 12.6. The lowest BCUT2D eigenvalue weighted by Crippen LogP contribution is -2.44. The molecule has 5 nitrogen and oxygen atoms in total. The zero-order valence-corrected chi connectivity index (χ0v) is 18.1. The predicted octanol–water partition coefficient (Wildman–Crippen LogP) is 4.98. The quantitative estimate of drug-likeness (QED) is 0.729. The Morgan fingerprint density at radius 1 is 1.10 bits per heavy atom. The number of hydrogen-bond acceptors (Lipinski definition) is 3. The van der Waals surface area contributed by atoms with Crippen LogP contribution in [0.1, 0.15) is 53.9 Å². The lowest BCUT2D eigenvalue weighted by molar-refractivity contribution is -0.142. The first-order chi connectivity index (χ1) is 15.0. The highest BCUT2D eigenvalue weighted by Gasteiger charge is 2.55. The fourth-order valence-corrected chi connectivity index (χ4v) is 5.52. The molecule has 2 saturated heterocycles. The third kappa shape index (κ3) is 3.85. The molecule has 0 aromatic heterocycles. The Morgan fingerprint density at radius 3 is 2.48 bits per heavy atom. The number of piperidine rings is 1. The van der Waals surface area contributed by atoms with E-state index >= 15 is 0 Å². The van der Waals surface area contributed by atoms with Crippen molar-refractivity contribution in [3.8, 4) is 11.1 Å². The van der Waals surface area contributed by atoms with Gasteiger partial charge in [-0.2, -0.15) is 0 Å². The van der Waals surface area contributed by atoms with Crippen molar-refractivity contribution in [3.05, 3.63) is 58.6 Å². The van der Waals surface area contributed by atoms with Gasteiger partial charge in [0.1, 0.15) is 6.10 Å². The number of benzene rings is 2. The monoisotopic (exact) mass is 439 g/mol. The number of carbonyl (C=O) groups excluding carboxylic acids is 1. The second kappa shape index (κ2) is 7.95. The highest BCUT2D eigenvalue weighted by Crippen LogP contribution is 2.65. The summed E-state index contributed by atoms with van der Waals surface area (Å²) in [6.45, 7) is 2.35. The summed E-state index contributed by atoms with van der Waals surface area (Å²) in [4.78, 5) is 25.9. The molecule has 3 aliphatic rings. The van der Waals surface area contributed by atoms with Crippen molar-refractivity contribution in [2.24, 2.45) is 5.41 Å². The van der Waals surface area contributed by atoms with E-state index in [1.165, 1.54) is 18.1 Å². The number of halogens is 1. The van der Waals surface area contributed by atoms with E-state index in [1.54, 1.807) is 12.1 Å². The molecule has 5 rings (SSSR count). The summed E-state index contributed by atoms with van der Waals surface area (Å²) < 4.78 is 5.57. The van der Waals surface area contributed by atoms with Crippen LogP contribution < -0.4 is 0 Å². The summed E-state index contributed by atoms with van der Waals surface area (Å²) in [5, 5.41) is 9.80. The van der Waals surface area contributed by atoms with Crippen molar-refractivity contribution < 1.29 is 19.4 Å². The number of hydrogen-bond donors (Lipinski definition) is 1. The van der Waals surface area contributed by atoms with Crippen LogP contribution in [0.3, 0.4) is 0 Å². The number of carbonyl (C=O) groups is 2. The first kappa shape index (κ1) is 20.5. The van der Waals surface area contributed by atoms with Gasteiger partial charge in [-0.3, -0.25) is 4.79 Å². The Morgan fingerprint density at radius 2 is 1.84 bits per heavy atom. The number of ether oxygens (including phenoxy) is 1. The average molecular weight is 440 g/mol. The summed E-state index contributed by atoms with van der Waals surface area (Å²) in [5.74, 6) is -0.254. The Kier molecular flexibility index (Phi) is 5.27. The van der Waals surface area contributed by atoms with E-state index in [0.717, 1.165) is 49.9 Å². The summed E-state index contributed by atoms with van der Waals surface area (Å²) in [7, 11) is 0. The SMILES string of the molecule is O=C(O)c1ccc(Cl)c(-c2ccc([C@H]3CC34CCN(C(=O)[C@H]3CCCO3)CC4)cc2)c1. The standard InChI is InChI=1S/C25H26ClNO4/c26-21-8-7-18(24(29)30)14-19(21)16-3-5-17(6-4-16)20-15-25(20)9-11-27(12-10-25)23(28)22-2-1-13-31-22/h3-8,14,20,22H,1-2,9-13,15H2,(H,29,30)/t20-,22-/m1/s1. The van der Waals surface area contributed by atoms with Gasteiger partial charge in [0.2, 0.25) is 0 Å². The molecule has 2 aromatic rings. The lowest BCUT2D eigenvalue weighted by Gasteiger charge is -2.34. The average Bonchev–Trinajstić information content (AvgIpc) is 3.21. The van der Waals surface area contributed by atoms with Crippen LogP contribution in [0.25, 0.3) is 11.1 Å². The molecule has 1 aliphatic carbocycles. The molecule has 2 aliphatic heterocycles. The Balaban J connectivity index is 1.25. The van der Waals surface area contributed by atoms with Gasteiger partial charge in [-0.05, 0) is 72.8 Å². The molecule has 1 N–H and O–H groups in total. The molecule has 3 fully saturated rings. The minimum Gasteiger partial charge on any atom is -0.478 e. The minimum absolute atomic E-state index is 0.175. The molecule has 162 valence electrons. The van der Waals surface area contributed by atoms with Gasteiger partial charge < -0.3 is 14.7 Å². The predicted molar refractivity (Wildman–Crippen MR) is 118 cm³/mol. The fourth-order valence-electron chi connectivity index (χ4n) is 5.29. The third-order valence-corrected chi connectivity index (χ3v) is 7.63. The van der Waals surface area contributed by atoms with E-state index in [4.69, 9.17) is 16.3 Å². The van der Waals surface area contributed by atoms with Gasteiger partial charge in [-0.1, -0.05) is 35.9 Å². The Bertz CT molecular complexity index is 1000. The first-order valence-electron chi connectivity index (χ1n) is 11.0. The second-order valence-corrected chi connectivity index (χ2v) is 9.48. The highest BCUT2D eigenvalue weighted by molar-refractivity contribution is 6.33. The third-order valence-electron chi connectivity index (χ3n) is 7.30. The maximum Gasteiger partial charge on any atom is 0.335 e. The van der Waals surface area contributed by atoms with Crippen molar-refractivity contribution >= 4 is 23.5 Å². The maximum atomic E-state index is 12.6. The van der Waals surface area contributed by atoms with Crippen molar-refractivity contribution in [3.63, 3.8) is 0 Å². The van der Waals surface area contributed by atoms with Crippen molar-refractivity contribution in [2.45, 2.75) is 44.1 Å². The normalized spacial score (nSPS) is 24.4. The van der Waals surface area contributed by atoms with Crippen LogP contribution >= 0.6 is 11.6 Å². The number of aromatic carboxylic acids is 1. The van der Waals surface area contributed by atoms with Crippen LogP contribution in [0.2, 0.25) is 5.02 Å². The molecule has 2 atom stereocenters. The van der Waals surface area contributed by atoms with E-state index in [-0.39, 0.29) is 17.6 Å². The highest BCUT2D eigenvalue weighted by atomic mass is 35.5. The lowest BCUT2D eigenvalue weighted by atomic mass is 9.88. The van der Waals surface area contributed by atoms with Crippen molar-refractivity contribution in [2.75, 3.05) is 19.7 Å². The Hall–Kier alpha value is -2.37. The molecule has 1 amide bonds. The van der Waals surface area contributed by atoms with E-state index in [2.05, 4.69) is 12.1 Å². The van der Waals surface area contributed by atoms with Gasteiger partial charge in [0, 0.05) is 30.3 Å². The molecule has 2 aromatic carbocycles. The molecule has 0 unspecified atom stereocenters. The molecule has 31 heavy (non-hydrogen) atoms. The summed E-state index contributed by atoms with van der Waals surface area (Å²) >= 11 is 6.32. The zero-order valence-electron chi connectivity index (χ0n) is 17.4. The van der Waals surface area contributed by atoms with E-state index in [1.807, 2.05) is 17.0 Å². The smallest absolute Gasteiger partial charge is 0.335 e. The molecule has 2 heterocycles. The van der Waals surface area contributed by atoms with Crippen molar-refractivity contribution in [1.82, 2.24) is 4.90 Å². The number of carboxylic acids is 1. The summed E-state index contributed by atoms with van der Waals surface area (Å²) in [6, 6.07) is 13.1. The molecule has 1 spiro atoms. The molecule has 1 saturated carbocycles. The van der Waals surface area contributed by atoms with Crippen molar-refractivity contribution in [1.29, 1.82) is 0 Å². The summed E-state index contributed by atoms with van der Waals surface area (Å²) in [5.41, 5.74) is 3.51. The molecule has 0 radical (unpaired) electrons. The van der Waals surface area contributed by atoms with Crippen LogP contribution in [0, 0.1) is 5.41 Å². The number of amides is 1. The van der Waals surface area contributed by atoms with Crippen LogP contribution in [-0.4, -0.2) is 47.7 Å². The van der Waals surface area contributed by atoms with Gasteiger partial charge in [0.25, 0.3) is 5.91 Å². The molecule has 6 heteroatoms. The van der Waals surface area contributed by atoms with Crippen LogP contribution in [0.4, 0.5) is 0 Å². The van der Waals surface area contributed by atoms with Gasteiger partial charge in [0.15, 0.2) is 0 Å². The molecule has 0 bridgehead atoms. The zero-order chi connectivity index (χ0) is 21.6. The molecular weight excluding hydrogens is 414 g/mol. The van der Waals surface area contributed by atoms with E-state index in [0.29, 0.717) is 23.0 Å².